The van der Waals surface area contributed by atoms with E-state index >= 15 is 0 Å². The summed E-state index contributed by atoms with van der Waals surface area (Å²) in [5.74, 6) is -0.841. The maximum absolute atomic E-state index is 12.3. The summed E-state index contributed by atoms with van der Waals surface area (Å²) in [7, 11) is 1.46. The Bertz CT molecular complexity index is 663. The Morgan fingerprint density at radius 3 is 2.14 bits per heavy atom. The predicted molar refractivity (Wildman–Crippen MR) is 141 cm³/mol. The van der Waals surface area contributed by atoms with Crippen LogP contribution in [-0.4, -0.2) is 74.9 Å². The first-order chi connectivity index (χ1) is 17.0. The Kier molecular flexibility index (Phi) is 20.0. The smallest absolute Gasteiger partial charge is 0.462 e. The van der Waals surface area contributed by atoms with Gasteiger partial charge in [0.1, 0.15) is 19.8 Å². The Labute approximate surface area is 218 Å². The number of phosphoric acid groups is 1. The van der Waals surface area contributed by atoms with Gasteiger partial charge in [0.25, 0.3) is 0 Å². The van der Waals surface area contributed by atoms with E-state index in [9.17, 15) is 19.0 Å². The normalized spacial score (nSPS) is 14.5. The van der Waals surface area contributed by atoms with Crippen LogP contribution in [0.1, 0.15) is 90.9 Å². The molecule has 0 aliphatic carbocycles. The number of unbranched alkanes of at least 4 members (excludes halogenated alkanes) is 8. The molecule has 0 aromatic rings. The fourth-order valence-corrected chi connectivity index (χ4v) is 3.93. The lowest BCUT2D eigenvalue weighted by Crippen LogP contribution is -2.37. The SMILES string of the molecule is C/C=C\CCCCCCCC(=O)O[C@@H](COC(=O)CCCCCC)COP(=O)(O)OCC[N+](C)(C)C. The Hall–Kier alpha value is -1.25. The van der Waals surface area contributed by atoms with Crippen LogP contribution >= 0.6 is 7.82 Å². The maximum Gasteiger partial charge on any atom is 0.472 e. The topological polar surface area (TPSA) is 108 Å². The van der Waals surface area contributed by atoms with Gasteiger partial charge in [0.05, 0.1) is 27.7 Å². The molecule has 1 unspecified atom stereocenters. The lowest BCUT2D eigenvalue weighted by molar-refractivity contribution is -0.870. The molecule has 1 N–H and O–H groups in total. The fourth-order valence-electron chi connectivity index (χ4n) is 3.19. The summed E-state index contributed by atoms with van der Waals surface area (Å²) < 4.78 is 33.5. The zero-order chi connectivity index (χ0) is 27.3. The van der Waals surface area contributed by atoms with Gasteiger partial charge in [-0.15, -0.1) is 0 Å². The van der Waals surface area contributed by atoms with Crippen molar-refractivity contribution in [2.24, 2.45) is 0 Å². The highest BCUT2D eigenvalue weighted by Crippen LogP contribution is 2.43. The largest absolute Gasteiger partial charge is 0.472 e. The summed E-state index contributed by atoms with van der Waals surface area (Å²) in [5, 5.41) is 0. The molecule has 0 saturated carbocycles. The molecule has 2 atom stereocenters. The number of carbonyl (C=O) groups excluding carboxylic acids is 2. The second-order valence-corrected chi connectivity index (χ2v) is 11.5. The van der Waals surface area contributed by atoms with Crippen LogP contribution in [0, 0.1) is 0 Å². The molecule has 0 amide bonds. The number of ether oxygens (including phenoxy) is 2. The highest BCUT2D eigenvalue weighted by atomic mass is 31.2. The van der Waals surface area contributed by atoms with Crippen molar-refractivity contribution in [3.8, 4) is 0 Å². The quantitative estimate of drug-likeness (QED) is 0.0595. The van der Waals surface area contributed by atoms with Crippen molar-refractivity contribution >= 4 is 19.8 Å². The second kappa shape index (κ2) is 20.8. The van der Waals surface area contributed by atoms with E-state index in [1.165, 1.54) is 0 Å². The molecule has 0 radical (unpaired) electrons. The van der Waals surface area contributed by atoms with Crippen molar-refractivity contribution in [3.05, 3.63) is 12.2 Å². The lowest BCUT2D eigenvalue weighted by Gasteiger charge is -2.24. The van der Waals surface area contributed by atoms with Crippen molar-refractivity contribution < 1.29 is 42.1 Å². The van der Waals surface area contributed by atoms with E-state index in [2.05, 4.69) is 13.0 Å². The van der Waals surface area contributed by atoms with Crippen LogP contribution in [0.4, 0.5) is 0 Å². The molecule has 0 aromatic heterocycles. The Morgan fingerprint density at radius 1 is 0.889 bits per heavy atom. The number of hydrogen-bond acceptors (Lipinski definition) is 7. The number of likely N-dealkylation sites (N-methyl/N-ethyl adjacent to an activating group) is 1. The number of allylic oxidation sites excluding steroid dienone is 2. The highest BCUT2D eigenvalue weighted by Gasteiger charge is 2.27. The van der Waals surface area contributed by atoms with Crippen LogP contribution in [0.2, 0.25) is 0 Å². The summed E-state index contributed by atoms with van der Waals surface area (Å²) in [4.78, 5) is 34.3. The van der Waals surface area contributed by atoms with Gasteiger partial charge in [0.2, 0.25) is 0 Å². The molecule has 0 bridgehead atoms. The number of esters is 2. The van der Waals surface area contributed by atoms with E-state index in [1.54, 1.807) is 0 Å². The molecule has 0 heterocycles. The van der Waals surface area contributed by atoms with Crippen molar-refractivity contribution in [3.63, 3.8) is 0 Å². The van der Waals surface area contributed by atoms with Gasteiger partial charge >= 0.3 is 19.8 Å². The first-order valence-electron chi connectivity index (χ1n) is 13.4. The zero-order valence-corrected chi connectivity index (χ0v) is 24.1. The number of hydrogen-bond donors (Lipinski definition) is 1. The molecular formula is C26H51NO8P+. The van der Waals surface area contributed by atoms with Gasteiger partial charge in [0, 0.05) is 12.8 Å². The van der Waals surface area contributed by atoms with E-state index in [4.69, 9.17) is 18.5 Å². The van der Waals surface area contributed by atoms with Crippen molar-refractivity contribution in [2.75, 3.05) is 47.5 Å². The molecule has 36 heavy (non-hydrogen) atoms. The summed E-state index contributed by atoms with van der Waals surface area (Å²) in [6.45, 7) is 4.01. The van der Waals surface area contributed by atoms with Crippen LogP contribution in [-0.2, 0) is 32.7 Å². The average Bonchev–Trinajstić information content (AvgIpc) is 2.79. The molecule has 0 saturated heterocycles. The summed E-state index contributed by atoms with van der Waals surface area (Å²) in [6, 6.07) is 0. The monoisotopic (exact) mass is 536 g/mol. The summed E-state index contributed by atoms with van der Waals surface area (Å²) in [6.07, 6.45) is 13.5. The van der Waals surface area contributed by atoms with Crippen LogP contribution in [0.15, 0.2) is 12.2 Å². The van der Waals surface area contributed by atoms with Crippen LogP contribution in [0.25, 0.3) is 0 Å². The third kappa shape index (κ3) is 23.2. The molecular weight excluding hydrogens is 485 g/mol. The Morgan fingerprint density at radius 2 is 1.50 bits per heavy atom. The standard InChI is InChI=1S/C26H50NO8P/c1-6-8-10-12-13-14-15-17-19-26(29)35-24(22-32-25(28)18-16-11-9-7-2)23-34-36(30,31)33-21-20-27(3,4)5/h6,8,24H,7,9-23H2,1-5H3/p+1/b8-6-/t24-/m0/s1. The zero-order valence-electron chi connectivity index (χ0n) is 23.2. The first-order valence-corrected chi connectivity index (χ1v) is 14.9. The van der Waals surface area contributed by atoms with Crippen LogP contribution < -0.4 is 0 Å². The number of quaternary nitrogens is 1. The van der Waals surface area contributed by atoms with E-state index in [0.29, 0.717) is 17.4 Å². The van der Waals surface area contributed by atoms with Gasteiger partial charge < -0.3 is 18.9 Å². The summed E-state index contributed by atoms with van der Waals surface area (Å²) in [5.41, 5.74) is 0. The third-order valence-electron chi connectivity index (χ3n) is 5.39. The van der Waals surface area contributed by atoms with Gasteiger partial charge in [-0.25, -0.2) is 4.57 Å². The minimum absolute atomic E-state index is 0.0310. The summed E-state index contributed by atoms with van der Waals surface area (Å²) >= 11 is 0. The molecule has 0 rings (SSSR count). The molecule has 0 aliphatic heterocycles. The van der Waals surface area contributed by atoms with Crippen molar-refractivity contribution in [1.29, 1.82) is 0 Å². The van der Waals surface area contributed by atoms with Crippen LogP contribution in [0.3, 0.4) is 0 Å². The average molecular weight is 537 g/mol. The molecule has 212 valence electrons. The second-order valence-electron chi connectivity index (χ2n) is 10.1. The number of rotatable bonds is 23. The number of nitrogens with zero attached hydrogens (tertiary/aromatic N) is 1. The minimum Gasteiger partial charge on any atom is -0.462 e. The minimum atomic E-state index is -4.34. The van der Waals surface area contributed by atoms with E-state index < -0.39 is 32.5 Å². The van der Waals surface area contributed by atoms with E-state index in [0.717, 1.165) is 57.8 Å². The molecule has 10 heteroatoms. The molecule has 9 nitrogen and oxygen atoms in total. The molecule has 0 aliphatic rings. The highest BCUT2D eigenvalue weighted by molar-refractivity contribution is 7.47. The van der Waals surface area contributed by atoms with Gasteiger partial charge in [-0.2, -0.15) is 0 Å². The molecule has 0 spiro atoms. The number of carbonyl (C=O) groups is 2. The predicted octanol–water partition coefficient (Wildman–Crippen LogP) is 5.56. The molecule has 0 aromatic carbocycles. The Balaban J connectivity index is 4.59. The lowest BCUT2D eigenvalue weighted by atomic mass is 10.1. The van der Waals surface area contributed by atoms with E-state index in [1.807, 2.05) is 34.1 Å². The maximum atomic E-state index is 12.3. The van der Waals surface area contributed by atoms with Gasteiger partial charge in [0.15, 0.2) is 6.10 Å². The number of phosphoric ester groups is 1. The third-order valence-corrected chi connectivity index (χ3v) is 6.37. The molecule has 0 fully saturated rings. The van der Waals surface area contributed by atoms with Crippen molar-refractivity contribution in [1.82, 2.24) is 0 Å². The van der Waals surface area contributed by atoms with Gasteiger partial charge in [-0.3, -0.25) is 18.6 Å². The fraction of sp³-hybridized carbons (Fsp3) is 0.846. The van der Waals surface area contributed by atoms with Crippen molar-refractivity contribution in [2.45, 2.75) is 97.0 Å². The van der Waals surface area contributed by atoms with Gasteiger partial charge in [-0.05, 0) is 32.6 Å². The first kappa shape index (κ1) is 34.8. The van der Waals surface area contributed by atoms with Crippen LogP contribution in [0.5, 0.6) is 0 Å². The van der Waals surface area contributed by atoms with E-state index in [-0.39, 0.29) is 26.1 Å². The van der Waals surface area contributed by atoms with Gasteiger partial charge in [-0.1, -0.05) is 57.6 Å².